The van der Waals surface area contributed by atoms with E-state index in [1.807, 2.05) is 30.3 Å². The molecule has 0 unspecified atom stereocenters. The number of rotatable bonds is 4. The van der Waals surface area contributed by atoms with Crippen molar-refractivity contribution in [2.45, 2.75) is 13.0 Å². The minimum absolute atomic E-state index is 0.150. The van der Waals surface area contributed by atoms with Crippen LogP contribution in [0.1, 0.15) is 18.5 Å². The summed E-state index contributed by atoms with van der Waals surface area (Å²) in [6.45, 7) is 1.90. The number of amides is 1. The van der Waals surface area contributed by atoms with Gasteiger partial charge in [0.15, 0.2) is 0 Å². The fraction of sp³-hybridized carbons (Fsp3) is 0.364. The molecule has 82 valence electrons. The number of benzene rings is 1. The Balaban J connectivity index is 2.61. The topological polar surface area (TPSA) is 58.6 Å². The zero-order chi connectivity index (χ0) is 11.1. The molecule has 0 saturated heterocycles. The molecule has 0 saturated carbocycles. The smallest absolute Gasteiger partial charge is 0.407 e. The van der Waals surface area contributed by atoms with Gasteiger partial charge in [-0.25, -0.2) is 4.79 Å². The summed E-state index contributed by atoms with van der Waals surface area (Å²) < 4.78 is 4.73. The molecule has 1 atom stereocenters. The summed E-state index contributed by atoms with van der Waals surface area (Å²) in [4.78, 5) is 11.1. The second kappa shape index (κ2) is 6.03. The summed E-state index contributed by atoms with van der Waals surface area (Å²) in [5.41, 5.74) is 0.855. The van der Waals surface area contributed by atoms with Crippen molar-refractivity contribution in [3.8, 4) is 0 Å². The van der Waals surface area contributed by atoms with Crippen LogP contribution in [0.2, 0.25) is 0 Å². The van der Waals surface area contributed by atoms with Crippen molar-refractivity contribution in [3.63, 3.8) is 0 Å². The van der Waals surface area contributed by atoms with E-state index in [2.05, 4.69) is 5.32 Å². The molecule has 0 heterocycles. The van der Waals surface area contributed by atoms with Crippen molar-refractivity contribution in [3.05, 3.63) is 35.9 Å². The van der Waals surface area contributed by atoms with Crippen molar-refractivity contribution >= 4 is 6.09 Å². The van der Waals surface area contributed by atoms with Crippen LogP contribution in [-0.4, -0.2) is 24.4 Å². The van der Waals surface area contributed by atoms with Gasteiger partial charge in [0.25, 0.3) is 0 Å². The monoisotopic (exact) mass is 209 g/mol. The van der Waals surface area contributed by atoms with Gasteiger partial charge in [0.05, 0.1) is 19.3 Å². The second-order valence-electron chi connectivity index (χ2n) is 3.01. The van der Waals surface area contributed by atoms with E-state index in [1.165, 1.54) is 0 Å². The maximum atomic E-state index is 11.1. The van der Waals surface area contributed by atoms with Crippen LogP contribution in [0.4, 0.5) is 4.79 Å². The molecular formula is C11H15NO3. The molecule has 0 spiro atoms. The van der Waals surface area contributed by atoms with Gasteiger partial charge >= 0.3 is 6.09 Å². The van der Waals surface area contributed by atoms with Crippen LogP contribution in [0.3, 0.4) is 0 Å². The summed E-state index contributed by atoms with van der Waals surface area (Å²) in [6, 6.07) is 8.85. The number of aliphatic hydroxyl groups is 1. The molecule has 2 N–H and O–H groups in total. The number of carbonyl (C=O) groups is 1. The standard InChI is InChI=1S/C11H15NO3/c1-2-15-11(14)12-10(8-13)9-6-4-3-5-7-9/h3-7,10,13H,2,8H2,1H3,(H,12,14)/t10-/m0/s1. The lowest BCUT2D eigenvalue weighted by molar-refractivity contribution is 0.140. The molecule has 0 radical (unpaired) electrons. The predicted octanol–water partition coefficient (Wildman–Crippen LogP) is 1.47. The first-order valence-electron chi connectivity index (χ1n) is 4.87. The summed E-state index contributed by atoms with van der Waals surface area (Å²) in [5, 5.41) is 11.7. The van der Waals surface area contributed by atoms with Crippen LogP contribution < -0.4 is 5.32 Å². The molecule has 0 aliphatic carbocycles. The summed E-state index contributed by atoms with van der Waals surface area (Å²) in [5.74, 6) is 0. The Bertz CT molecular complexity index is 300. The largest absolute Gasteiger partial charge is 0.450 e. The Hall–Kier alpha value is -1.55. The number of carbonyl (C=O) groups excluding carboxylic acids is 1. The van der Waals surface area contributed by atoms with Crippen LogP contribution in [0, 0.1) is 0 Å². The first-order chi connectivity index (χ1) is 7.27. The SMILES string of the molecule is CCOC(=O)N[C@@H](CO)c1ccccc1. The summed E-state index contributed by atoms with van der Waals surface area (Å²) in [6.07, 6.45) is -0.514. The zero-order valence-corrected chi connectivity index (χ0v) is 8.64. The summed E-state index contributed by atoms with van der Waals surface area (Å²) in [7, 11) is 0. The van der Waals surface area contributed by atoms with Crippen molar-refractivity contribution in [1.29, 1.82) is 0 Å². The van der Waals surface area contributed by atoms with Crippen LogP contribution in [-0.2, 0) is 4.74 Å². The highest BCUT2D eigenvalue weighted by molar-refractivity contribution is 5.67. The lowest BCUT2D eigenvalue weighted by Gasteiger charge is -2.15. The van der Waals surface area contributed by atoms with Crippen LogP contribution in [0.15, 0.2) is 30.3 Å². The fourth-order valence-electron chi connectivity index (χ4n) is 1.23. The van der Waals surface area contributed by atoms with Gasteiger partial charge in [-0.1, -0.05) is 30.3 Å². The zero-order valence-electron chi connectivity index (χ0n) is 8.64. The van der Waals surface area contributed by atoms with Crippen LogP contribution in [0.5, 0.6) is 0 Å². The second-order valence-corrected chi connectivity index (χ2v) is 3.01. The van der Waals surface area contributed by atoms with Gasteiger partial charge in [-0.05, 0) is 12.5 Å². The Labute approximate surface area is 88.9 Å². The molecule has 0 aliphatic heterocycles. The Morgan fingerprint density at radius 2 is 2.13 bits per heavy atom. The maximum absolute atomic E-state index is 11.1. The van der Waals surface area contributed by atoms with Crippen molar-refractivity contribution < 1.29 is 14.6 Å². The maximum Gasteiger partial charge on any atom is 0.407 e. The van der Waals surface area contributed by atoms with Gasteiger partial charge in [-0.15, -0.1) is 0 Å². The highest BCUT2D eigenvalue weighted by Crippen LogP contribution is 2.11. The number of aliphatic hydroxyl groups excluding tert-OH is 1. The van der Waals surface area contributed by atoms with Crippen LogP contribution in [0.25, 0.3) is 0 Å². The first-order valence-corrected chi connectivity index (χ1v) is 4.87. The molecule has 0 fully saturated rings. The number of alkyl carbamates (subject to hydrolysis) is 1. The average molecular weight is 209 g/mol. The molecule has 0 aliphatic rings. The van der Waals surface area contributed by atoms with Gasteiger partial charge in [0.2, 0.25) is 0 Å². The molecule has 4 nitrogen and oxygen atoms in total. The Kier molecular flexibility index (Phi) is 4.63. The van der Waals surface area contributed by atoms with E-state index < -0.39 is 12.1 Å². The normalized spacial score (nSPS) is 11.9. The third-order valence-corrected chi connectivity index (χ3v) is 1.95. The third-order valence-electron chi connectivity index (χ3n) is 1.95. The molecular weight excluding hydrogens is 194 g/mol. The molecule has 0 bridgehead atoms. The number of ether oxygens (including phenoxy) is 1. The molecule has 1 amide bonds. The number of hydrogen-bond acceptors (Lipinski definition) is 3. The quantitative estimate of drug-likeness (QED) is 0.789. The number of nitrogens with one attached hydrogen (secondary N) is 1. The lowest BCUT2D eigenvalue weighted by Crippen LogP contribution is -2.31. The number of hydrogen-bond donors (Lipinski definition) is 2. The van der Waals surface area contributed by atoms with Crippen molar-refractivity contribution in [2.24, 2.45) is 0 Å². The van der Waals surface area contributed by atoms with E-state index in [1.54, 1.807) is 6.92 Å². The van der Waals surface area contributed by atoms with E-state index in [4.69, 9.17) is 9.84 Å². The Morgan fingerprint density at radius 3 is 2.67 bits per heavy atom. The fourth-order valence-corrected chi connectivity index (χ4v) is 1.23. The molecule has 4 heteroatoms. The van der Waals surface area contributed by atoms with E-state index in [0.717, 1.165) is 5.56 Å². The van der Waals surface area contributed by atoms with Crippen molar-refractivity contribution in [2.75, 3.05) is 13.2 Å². The Morgan fingerprint density at radius 1 is 1.47 bits per heavy atom. The van der Waals surface area contributed by atoms with E-state index >= 15 is 0 Å². The molecule has 1 rings (SSSR count). The van der Waals surface area contributed by atoms with E-state index in [0.29, 0.717) is 6.61 Å². The first kappa shape index (κ1) is 11.5. The van der Waals surface area contributed by atoms with Crippen LogP contribution >= 0.6 is 0 Å². The molecule has 1 aromatic rings. The van der Waals surface area contributed by atoms with Crippen molar-refractivity contribution in [1.82, 2.24) is 5.32 Å². The molecule has 15 heavy (non-hydrogen) atoms. The van der Waals surface area contributed by atoms with Gasteiger partial charge in [-0.2, -0.15) is 0 Å². The summed E-state index contributed by atoms with van der Waals surface area (Å²) >= 11 is 0. The van der Waals surface area contributed by atoms with Gasteiger partial charge in [0, 0.05) is 0 Å². The van der Waals surface area contributed by atoms with E-state index in [9.17, 15) is 4.79 Å². The minimum atomic E-state index is -0.514. The average Bonchev–Trinajstić information content (AvgIpc) is 2.27. The molecule has 1 aromatic carbocycles. The minimum Gasteiger partial charge on any atom is -0.450 e. The predicted molar refractivity (Wildman–Crippen MR) is 56.4 cm³/mol. The molecule has 0 aromatic heterocycles. The third kappa shape index (κ3) is 3.59. The van der Waals surface area contributed by atoms with Gasteiger partial charge in [-0.3, -0.25) is 0 Å². The van der Waals surface area contributed by atoms with Gasteiger partial charge < -0.3 is 15.2 Å². The van der Waals surface area contributed by atoms with Gasteiger partial charge in [0.1, 0.15) is 0 Å². The highest BCUT2D eigenvalue weighted by atomic mass is 16.5. The van der Waals surface area contributed by atoms with E-state index in [-0.39, 0.29) is 6.61 Å². The highest BCUT2D eigenvalue weighted by Gasteiger charge is 2.13. The lowest BCUT2D eigenvalue weighted by atomic mass is 10.1.